The molecule has 2 aliphatic rings. The van der Waals surface area contributed by atoms with Crippen LogP contribution in [0.15, 0.2) is 53.9 Å². The number of hydrogen-bond donors (Lipinski definition) is 6. The molecule has 52 heavy (non-hydrogen) atoms. The third-order valence-electron chi connectivity index (χ3n) is 9.08. The van der Waals surface area contributed by atoms with Crippen LogP contribution in [0, 0.1) is 0 Å². The van der Waals surface area contributed by atoms with E-state index in [4.69, 9.17) is 32.1 Å². The van der Waals surface area contributed by atoms with Crippen molar-refractivity contribution in [2.75, 3.05) is 13.1 Å². The molecular weight excluding hydrogens is 761 g/mol. The summed E-state index contributed by atoms with van der Waals surface area (Å²) in [4.78, 5) is 77.8. The van der Waals surface area contributed by atoms with Crippen molar-refractivity contribution in [3.63, 3.8) is 0 Å². The van der Waals surface area contributed by atoms with Gasteiger partial charge in [-0.2, -0.15) is 8.78 Å². The van der Waals surface area contributed by atoms with Gasteiger partial charge in [0.05, 0.1) is 16.6 Å². The molecule has 19 heteroatoms. The average Bonchev–Trinajstić information content (AvgIpc) is 3.85. The molecule has 2 aromatic carbocycles. The second-order valence-corrected chi connectivity index (χ2v) is 16.7. The molecule has 0 spiro atoms. The van der Waals surface area contributed by atoms with Gasteiger partial charge in [0.2, 0.25) is 17.7 Å². The maximum atomic E-state index is 14.3. The minimum absolute atomic E-state index is 0.0122. The van der Waals surface area contributed by atoms with Gasteiger partial charge < -0.3 is 36.4 Å². The van der Waals surface area contributed by atoms with Crippen LogP contribution in [-0.2, 0) is 24.6 Å². The van der Waals surface area contributed by atoms with Crippen molar-refractivity contribution >= 4 is 75.6 Å². The molecule has 4 amide bonds. The summed E-state index contributed by atoms with van der Waals surface area (Å²) in [6, 6.07) is 8.62. The number of primary amides is 1. The molecule has 2 aromatic heterocycles. The Hall–Kier alpha value is -3.83. The molecule has 0 saturated carbocycles. The lowest BCUT2D eigenvalue weighted by Crippen LogP contribution is -2.60. The molecular formula is C33H34ClF2N6O7PS2. The molecule has 4 atom stereocenters. The summed E-state index contributed by atoms with van der Waals surface area (Å²) in [5.74, 6) is -2.10. The summed E-state index contributed by atoms with van der Waals surface area (Å²) in [5.41, 5.74) is 1.62. The molecule has 4 aromatic rings. The maximum absolute atomic E-state index is 14.3. The van der Waals surface area contributed by atoms with Gasteiger partial charge in [0.15, 0.2) is 0 Å². The Morgan fingerprint density at radius 2 is 1.88 bits per heavy atom. The van der Waals surface area contributed by atoms with Crippen molar-refractivity contribution < 1.29 is 42.3 Å². The highest BCUT2D eigenvalue weighted by Crippen LogP contribution is 2.59. The van der Waals surface area contributed by atoms with Crippen LogP contribution >= 0.6 is 41.9 Å². The Morgan fingerprint density at radius 3 is 2.60 bits per heavy atom. The first-order valence-corrected chi connectivity index (χ1v) is 19.9. The fourth-order valence-electron chi connectivity index (χ4n) is 6.41. The van der Waals surface area contributed by atoms with Gasteiger partial charge in [-0.3, -0.25) is 23.7 Å². The molecule has 276 valence electrons. The highest BCUT2D eigenvalue weighted by Gasteiger charge is 2.50. The fraction of sp³-hybridized carbons (Fsp3) is 0.364. The van der Waals surface area contributed by atoms with Crippen LogP contribution in [0.2, 0.25) is 5.02 Å². The van der Waals surface area contributed by atoms with E-state index in [9.17, 15) is 32.5 Å². The second-order valence-electron chi connectivity index (χ2n) is 12.6. The number of nitrogens with zero attached hydrogens (tertiary/aromatic N) is 2. The summed E-state index contributed by atoms with van der Waals surface area (Å²) in [6.07, 6.45) is 1.68. The molecule has 0 radical (unpaired) electrons. The van der Waals surface area contributed by atoms with Crippen molar-refractivity contribution in [2.45, 2.75) is 61.9 Å². The van der Waals surface area contributed by atoms with Gasteiger partial charge >= 0.3 is 13.3 Å². The molecule has 2 fully saturated rings. The number of alkyl halides is 2. The van der Waals surface area contributed by atoms with Crippen molar-refractivity contribution in [3.8, 4) is 11.3 Å². The number of aromatic nitrogens is 1. The molecule has 4 heterocycles. The monoisotopic (exact) mass is 794 g/mol. The number of fused-ring (bicyclic) bond motifs is 2. The van der Waals surface area contributed by atoms with Gasteiger partial charge in [-0.1, -0.05) is 29.8 Å². The maximum Gasteiger partial charge on any atom is 0.399 e. The van der Waals surface area contributed by atoms with E-state index in [0.717, 1.165) is 29.0 Å². The first-order valence-electron chi connectivity index (χ1n) is 16.2. The zero-order valence-corrected chi connectivity index (χ0v) is 30.5. The first kappa shape index (κ1) is 37.9. The normalized spacial score (nSPS) is 20.2. The van der Waals surface area contributed by atoms with Gasteiger partial charge in [0.1, 0.15) is 17.1 Å². The number of thiazole rings is 1. The van der Waals surface area contributed by atoms with E-state index in [2.05, 4.69) is 16.0 Å². The van der Waals surface area contributed by atoms with Crippen LogP contribution in [-0.4, -0.2) is 74.5 Å². The molecule has 0 unspecified atom stereocenters. The van der Waals surface area contributed by atoms with E-state index < -0.39 is 60.6 Å². The van der Waals surface area contributed by atoms with E-state index in [0.29, 0.717) is 46.2 Å². The second kappa shape index (κ2) is 15.3. The largest absolute Gasteiger partial charge is 0.399 e. The third-order valence-corrected chi connectivity index (χ3v) is 12.4. The van der Waals surface area contributed by atoms with Crippen molar-refractivity contribution in [3.05, 3.63) is 74.4 Å². The number of benzene rings is 2. The van der Waals surface area contributed by atoms with Gasteiger partial charge in [-0.15, -0.1) is 22.7 Å². The average molecular weight is 795 g/mol. The Labute approximate surface area is 309 Å². The zero-order valence-electron chi connectivity index (χ0n) is 27.3. The van der Waals surface area contributed by atoms with E-state index in [-0.39, 0.29) is 35.7 Å². The highest BCUT2D eigenvalue weighted by molar-refractivity contribution is 7.52. The number of rotatable bonds is 11. The smallest absolute Gasteiger partial charge is 0.370 e. The van der Waals surface area contributed by atoms with Gasteiger partial charge in [0, 0.05) is 45.2 Å². The lowest BCUT2D eigenvalue weighted by Gasteiger charge is -2.35. The summed E-state index contributed by atoms with van der Waals surface area (Å²) < 4.78 is 40.5. The summed E-state index contributed by atoms with van der Waals surface area (Å²) in [7, 11) is -5.80. The van der Waals surface area contributed by atoms with Crippen LogP contribution in [0.4, 0.5) is 8.78 Å². The zero-order chi connectivity index (χ0) is 37.4. The molecule has 2 aliphatic heterocycles. The Balaban J connectivity index is 1.19. The SMILES string of the molecule is NC(=O)CC[C@H](NC(=O)[C@@H]1CC[C@@H]2CCNC[C@H](NC(=O)c3cc4cc(C(F)(F)P(=O)(O)O)ccc4s3)C(=O)N21)c1nc(-c2ccc(Cl)cc2)cs1. The van der Waals surface area contributed by atoms with Crippen LogP contribution in [0.1, 0.15) is 58.4 Å². The minimum Gasteiger partial charge on any atom is -0.370 e. The van der Waals surface area contributed by atoms with Crippen molar-refractivity contribution in [2.24, 2.45) is 5.73 Å². The number of nitrogens with one attached hydrogen (secondary N) is 3. The standard InChI is InChI=1S/C33H34ClF2N6O7PS2/c34-20-4-1-17(2-5-20)24-16-51-31(41-24)22(7-10-28(37)43)39-29(44)25-8-6-21-11-12-38-15-23(32(46)42(21)25)40-30(45)27-14-18-13-19(3-9-26(18)52-27)33(35,36)50(47,48)49/h1-5,9,13-14,16,21-23,25,38H,6-8,10-12,15H2,(H2,37,43)(H,39,44)(H,40,45)(H2,47,48,49)/t21-,22+,23+,25+/m1/s1. The van der Waals surface area contributed by atoms with Crippen LogP contribution < -0.4 is 21.7 Å². The lowest BCUT2D eigenvalue weighted by atomic mass is 10.1. The predicted molar refractivity (Wildman–Crippen MR) is 192 cm³/mol. The Bertz CT molecular complexity index is 2060. The van der Waals surface area contributed by atoms with Crippen molar-refractivity contribution in [1.29, 1.82) is 0 Å². The van der Waals surface area contributed by atoms with Gasteiger partial charge in [-0.05, 0) is 67.9 Å². The number of halogens is 3. The predicted octanol–water partition coefficient (Wildman–Crippen LogP) is 4.48. The van der Waals surface area contributed by atoms with E-state index in [1.54, 1.807) is 12.1 Å². The van der Waals surface area contributed by atoms with Crippen LogP contribution in [0.5, 0.6) is 0 Å². The Kier molecular flexibility index (Phi) is 11.1. The summed E-state index contributed by atoms with van der Waals surface area (Å²) >= 11 is 8.31. The van der Waals surface area contributed by atoms with Gasteiger partial charge in [0.25, 0.3) is 5.91 Å². The topological polar surface area (TPSA) is 204 Å². The number of amides is 4. The van der Waals surface area contributed by atoms with E-state index in [1.807, 2.05) is 17.5 Å². The van der Waals surface area contributed by atoms with Crippen molar-refractivity contribution in [1.82, 2.24) is 25.8 Å². The first-order chi connectivity index (χ1) is 24.6. The van der Waals surface area contributed by atoms with Crippen LogP contribution in [0.3, 0.4) is 0 Å². The fourth-order valence-corrected chi connectivity index (χ4v) is 8.87. The highest BCUT2D eigenvalue weighted by atomic mass is 35.5. The van der Waals surface area contributed by atoms with E-state index >= 15 is 0 Å². The minimum atomic E-state index is -5.80. The van der Waals surface area contributed by atoms with Crippen LogP contribution in [0.25, 0.3) is 21.3 Å². The molecule has 0 bridgehead atoms. The number of carbonyl (C=O) groups excluding carboxylic acids is 4. The summed E-state index contributed by atoms with van der Waals surface area (Å²) in [6.45, 7) is 0.585. The number of nitrogens with two attached hydrogens (primary N) is 1. The number of thiophene rings is 1. The molecule has 13 nitrogen and oxygen atoms in total. The third kappa shape index (κ3) is 8.05. The quantitative estimate of drug-likeness (QED) is 0.118. The Morgan fingerprint density at radius 1 is 1.13 bits per heavy atom. The van der Waals surface area contributed by atoms with Gasteiger partial charge in [-0.25, -0.2) is 4.98 Å². The molecule has 2 saturated heterocycles. The van der Waals surface area contributed by atoms with E-state index in [1.165, 1.54) is 28.4 Å². The molecule has 6 rings (SSSR count). The number of carbonyl (C=O) groups is 4. The molecule has 0 aliphatic carbocycles. The molecule has 7 N–H and O–H groups in total. The lowest BCUT2D eigenvalue weighted by molar-refractivity contribution is -0.142. The number of hydrogen-bond acceptors (Lipinski definition) is 9. The summed E-state index contributed by atoms with van der Waals surface area (Å²) in [5, 5.41) is 12.0.